The molecule has 1 aromatic rings. The van der Waals surface area contributed by atoms with Crippen molar-refractivity contribution in [3.05, 3.63) is 34.9 Å². The third-order valence-corrected chi connectivity index (χ3v) is 6.66. The zero-order chi connectivity index (χ0) is 19.4. The fourth-order valence-corrected chi connectivity index (χ4v) is 4.71. The second kappa shape index (κ2) is 8.61. The van der Waals surface area contributed by atoms with Crippen molar-refractivity contribution in [2.24, 2.45) is 11.7 Å². The number of nitrogens with zero attached hydrogens (tertiary/aromatic N) is 1. The Kier molecular flexibility index (Phi) is 6.43. The van der Waals surface area contributed by atoms with Crippen molar-refractivity contribution in [3.63, 3.8) is 0 Å². The van der Waals surface area contributed by atoms with Gasteiger partial charge in [-0.25, -0.2) is 0 Å². The van der Waals surface area contributed by atoms with Crippen molar-refractivity contribution >= 4 is 23.4 Å². The molecule has 2 amide bonds. The summed E-state index contributed by atoms with van der Waals surface area (Å²) in [6, 6.07) is 8.22. The van der Waals surface area contributed by atoms with Crippen LogP contribution in [0.3, 0.4) is 0 Å². The Labute approximate surface area is 166 Å². The molecule has 27 heavy (non-hydrogen) atoms. The van der Waals surface area contributed by atoms with Gasteiger partial charge in [0.1, 0.15) is 0 Å². The number of amides is 2. The Bertz CT molecular complexity index is 678. The number of nitrogens with one attached hydrogen (secondary N) is 1. The summed E-state index contributed by atoms with van der Waals surface area (Å²) in [5, 5.41) is 3.99. The highest BCUT2D eigenvalue weighted by atomic mass is 35.5. The summed E-state index contributed by atoms with van der Waals surface area (Å²) in [5.74, 6) is 0.265. The number of benzene rings is 1. The Morgan fingerprint density at radius 1 is 1.22 bits per heavy atom. The van der Waals surface area contributed by atoms with Crippen LogP contribution >= 0.6 is 11.6 Å². The molecule has 1 heterocycles. The SMILES string of the molecule is CC(=O)N1CCC(C(=O)NC2CCC(CN)(c3cccc(Cl)c3)CC2)CC1. The van der Waals surface area contributed by atoms with Crippen molar-refractivity contribution in [1.82, 2.24) is 10.2 Å². The number of hydrogen-bond acceptors (Lipinski definition) is 3. The van der Waals surface area contributed by atoms with Crippen LogP contribution in [0.15, 0.2) is 24.3 Å². The summed E-state index contributed by atoms with van der Waals surface area (Å²) in [7, 11) is 0. The summed E-state index contributed by atoms with van der Waals surface area (Å²) in [6.45, 7) is 3.55. The van der Waals surface area contributed by atoms with Crippen molar-refractivity contribution < 1.29 is 9.59 Å². The summed E-state index contributed by atoms with van der Waals surface area (Å²) in [6.07, 6.45) is 5.29. The van der Waals surface area contributed by atoms with E-state index in [-0.39, 0.29) is 29.2 Å². The van der Waals surface area contributed by atoms with Gasteiger partial charge in [0.05, 0.1) is 0 Å². The van der Waals surface area contributed by atoms with Crippen LogP contribution in [0.1, 0.15) is 51.0 Å². The highest BCUT2D eigenvalue weighted by Crippen LogP contribution is 2.39. The van der Waals surface area contributed by atoms with Gasteiger partial charge in [-0.2, -0.15) is 0 Å². The van der Waals surface area contributed by atoms with Gasteiger partial charge in [0.15, 0.2) is 0 Å². The predicted octanol–water partition coefficient (Wildman–Crippen LogP) is 2.85. The number of nitrogens with two attached hydrogens (primary N) is 1. The second-order valence-electron chi connectivity index (χ2n) is 8.06. The summed E-state index contributed by atoms with van der Waals surface area (Å²) in [5.41, 5.74) is 7.32. The average molecular weight is 392 g/mol. The van der Waals surface area contributed by atoms with Crippen molar-refractivity contribution in [3.8, 4) is 0 Å². The zero-order valence-corrected chi connectivity index (χ0v) is 16.8. The molecule has 1 saturated heterocycles. The summed E-state index contributed by atoms with van der Waals surface area (Å²) < 4.78 is 0. The molecule has 0 aromatic heterocycles. The van der Waals surface area contributed by atoms with Gasteiger partial charge in [-0.05, 0) is 56.2 Å². The highest BCUT2D eigenvalue weighted by molar-refractivity contribution is 6.30. The van der Waals surface area contributed by atoms with E-state index in [2.05, 4.69) is 11.4 Å². The van der Waals surface area contributed by atoms with Crippen LogP contribution in [-0.2, 0) is 15.0 Å². The van der Waals surface area contributed by atoms with E-state index in [9.17, 15) is 9.59 Å². The van der Waals surface area contributed by atoms with Gasteiger partial charge in [0, 0.05) is 49.0 Å². The Hall–Kier alpha value is -1.59. The van der Waals surface area contributed by atoms with Gasteiger partial charge in [-0.3, -0.25) is 9.59 Å². The molecule has 3 N–H and O–H groups in total. The number of hydrogen-bond donors (Lipinski definition) is 2. The molecule has 1 aliphatic carbocycles. The first-order valence-corrected chi connectivity index (χ1v) is 10.3. The van der Waals surface area contributed by atoms with E-state index < -0.39 is 0 Å². The topological polar surface area (TPSA) is 75.4 Å². The minimum absolute atomic E-state index is 0.0229. The minimum Gasteiger partial charge on any atom is -0.353 e. The number of carbonyl (C=O) groups is 2. The lowest BCUT2D eigenvalue weighted by Gasteiger charge is -2.40. The molecule has 2 aliphatic rings. The first-order valence-electron chi connectivity index (χ1n) is 9.95. The van der Waals surface area contributed by atoms with Crippen LogP contribution in [0.5, 0.6) is 0 Å². The maximum Gasteiger partial charge on any atom is 0.223 e. The van der Waals surface area contributed by atoms with Crippen molar-refractivity contribution in [1.29, 1.82) is 0 Å². The highest BCUT2D eigenvalue weighted by Gasteiger charge is 2.37. The van der Waals surface area contributed by atoms with Crippen LogP contribution < -0.4 is 11.1 Å². The fraction of sp³-hybridized carbons (Fsp3) is 0.619. The normalized spacial score (nSPS) is 26.6. The number of carbonyl (C=O) groups excluding carboxylic acids is 2. The average Bonchev–Trinajstić information content (AvgIpc) is 2.69. The van der Waals surface area contributed by atoms with E-state index >= 15 is 0 Å². The first-order chi connectivity index (χ1) is 12.9. The van der Waals surface area contributed by atoms with E-state index in [1.54, 1.807) is 6.92 Å². The zero-order valence-electron chi connectivity index (χ0n) is 16.0. The molecule has 1 aromatic carbocycles. The molecular weight excluding hydrogens is 362 g/mol. The van der Waals surface area contributed by atoms with Crippen LogP contribution in [-0.4, -0.2) is 42.4 Å². The molecule has 5 nitrogen and oxygen atoms in total. The lowest BCUT2D eigenvalue weighted by atomic mass is 9.68. The van der Waals surface area contributed by atoms with E-state index in [1.807, 2.05) is 23.1 Å². The Balaban J connectivity index is 1.53. The number of rotatable bonds is 4. The summed E-state index contributed by atoms with van der Waals surface area (Å²) in [4.78, 5) is 25.9. The molecule has 1 saturated carbocycles. The van der Waals surface area contributed by atoms with Gasteiger partial charge in [-0.1, -0.05) is 23.7 Å². The van der Waals surface area contributed by atoms with E-state index in [1.165, 1.54) is 5.56 Å². The molecule has 2 fully saturated rings. The Morgan fingerprint density at radius 3 is 2.44 bits per heavy atom. The molecule has 1 aliphatic heterocycles. The van der Waals surface area contributed by atoms with Crippen LogP contribution in [0, 0.1) is 5.92 Å². The van der Waals surface area contributed by atoms with E-state index in [0.29, 0.717) is 19.6 Å². The number of halogens is 1. The number of likely N-dealkylation sites (tertiary alicyclic amines) is 1. The van der Waals surface area contributed by atoms with Gasteiger partial charge in [-0.15, -0.1) is 0 Å². The molecule has 3 rings (SSSR count). The maximum absolute atomic E-state index is 12.6. The van der Waals surface area contributed by atoms with Crippen LogP contribution in [0.4, 0.5) is 0 Å². The predicted molar refractivity (Wildman–Crippen MR) is 108 cm³/mol. The van der Waals surface area contributed by atoms with Crippen molar-refractivity contribution in [2.75, 3.05) is 19.6 Å². The number of piperidine rings is 1. The van der Waals surface area contributed by atoms with Gasteiger partial charge >= 0.3 is 0 Å². The lowest BCUT2D eigenvalue weighted by Crippen LogP contribution is -2.48. The smallest absolute Gasteiger partial charge is 0.223 e. The third-order valence-electron chi connectivity index (χ3n) is 6.43. The van der Waals surface area contributed by atoms with Gasteiger partial charge in [0.25, 0.3) is 0 Å². The molecule has 148 valence electrons. The molecule has 0 atom stereocenters. The van der Waals surface area contributed by atoms with Crippen LogP contribution in [0.2, 0.25) is 5.02 Å². The standard InChI is InChI=1S/C21H30ClN3O2/c1-15(26)25-11-7-16(8-12-25)20(27)24-19-5-9-21(14-23,10-6-19)17-3-2-4-18(22)13-17/h2-4,13,16,19H,5-12,14,23H2,1H3,(H,24,27). The quantitative estimate of drug-likeness (QED) is 0.828. The summed E-state index contributed by atoms with van der Waals surface area (Å²) >= 11 is 6.17. The third kappa shape index (κ3) is 4.64. The first kappa shape index (κ1) is 20.2. The lowest BCUT2D eigenvalue weighted by molar-refractivity contribution is -0.134. The maximum atomic E-state index is 12.6. The van der Waals surface area contributed by atoms with Gasteiger partial charge in [0.2, 0.25) is 11.8 Å². The van der Waals surface area contributed by atoms with Crippen molar-refractivity contribution in [2.45, 2.75) is 56.9 Å². The monoisotopic (exact) mass is 391 g/mol. The molecular formula is C21H30ClN3O2. The largest absolute Gasteiger partial charge is 0.353 e. The molecule has 6 heteroatoms. The second-order valence-corrected chi connectivity index (χ2v) is 8.49. The molecule has 0 unspecified atom stereocenters. The molecule has 0 radical (unpaired) electrons. The molecule has 0 spiro atoms. The molecule has 0 bridgehead atoms. The van der Waals surface area contributed by atoms with E-state index in [4.69, 9.17) is 17.3 Å². The fourth-order valence-electron chi connectivity index (χ4n) is 4.52. The Morgan fingerprint density at radius 2 is 1.89 bits per heavy atom. The van der Waals surface area contributed by atoms with Crippen LogP contribution in [0.25, 0.3) is 0 Å². The minimum atomic E-state index is -0.0427. The van der Waals surface area contributed by atoms with Gasteiger partial charge < -0.3 is 16.0 Å². The van der Waals surface area contributed by atoms with E-state index in [0.717, 1.165) is 43.5 Å².